The van der Waals surface area contributed by atoms with Crippen molar-refractivity contribution in [1.82, 2.24) is 0 Å². The Hall–Kier alpha value is -1.26. The fraction of sp³-hybridized carbons (Fsp3) is 0.200. The van der Waals surface area contributed by atoms with Gasteiger partial charge in [-0.2, -0.15) is 0 Å². The van der Waals surface area contributed by atoms with Crippen LogP contribution in [0.15, 0.2) is 46.9 Å². The molecule has 2 aromatic rings. The zero-order valence-electron chi connectivity index (χ0n) is 10.1. The van der Waals surface area contributed by atoms with Crippen LogP contribution in [0.4, 0.5) is 8.78 Å². The van der Waals surface area contributed by atoms with Crippen molar-refractivity contribution in [2.24, 2.45) is 0 Å². The zero-order valence-corrected chi connectivity index (χ0v) is 11.7. The van der Waals surface area contributed by atoms with Gasteiger partial charge >= 0.3 is 0 Å². The van der Waals surface area contributed by atoms with E-state index < -0.39 is 11.6 Å². The maximum absolute atomic E-state index is 13.6. The molecule has 100 valence electrons. The lowest BCUT2D eigenvalue weighted by Gasteiger charge is -2.16. The molecule has 0 spiro atoms. The molecule has 0 bridgehead atoms. The van der Waals surface area contributed by atoms with Gasteiger partial charge in [0.1, 0.15) is 0 Å². The van der Waals surface area contributed by atoms with Crippen LogP contribution in [-0.4, -0.2) is 11.7 Å². The lowest BCUT2D eigenvalue weighted by Crippen LogP contribution is -2.10. The predicted molar refractivity (Wildman–Crippen MR) is 74.0 cm³/mol. The number of halogens is 3. The first kappa shape index (κ1) is 14.2. The number of hydrogen-bond donors (Lipinski definition) is 1. The van der Waals surface area contributed by atoms with E-state index in [9.17, 15) is 13.9 Å². The standard InChI is InChI=1S/C15H13BrF2O/c16-13-6-2-1-5-12(13)11(9-19)8-10-4-3-7-14(17)15(10)18/h1-7,11,19H,8-9H2. The molecule has 0 radical (unpaired) electrons. The summed E-state index contributed by atoms with van der Waals surface area (Å²) in [7, 11) is 0. The van der Waals surface area contributed by atoms with E-state index in [1.54, 1.807) is 0 Å². The Balaban J connectivity index is 2.30. The van der Waals surface area contributed by atoms with E-state index in [4.69, 9.17) is 0 Å². The van der Waals surface area contributed by atoms with Crippen molar-refractivity contribution >= 4 is 15.9 Å². The minimum Gasteiger partial charge on any atom is -0.396 e. The molecule has 1 unspecified atom stereocenters. The Labute approximate surface area is 119 Å². The van der Waals surface area contributed by atoms with Crippen molar-refractivity contribution in [2.75, 3.05) is 6.61 Å². The van der Waals surface area contributed by atoms with Crippen molar-refractivity contribution in [1.29, 1.82) is 0 Å². The molecule has 1 atom stereocenters. The molecule has 0 heterocycles. The fourth-order valence-electron chi connectivity index (χ4n) is 2.05. The topological polar surface area (TPSA) is 20.2 Å². The van der Waals surface area contributed by atoms with E-state index in [-0.39, 0.29) is 24.5 Å². The minimum absolute atomic E-state index is 0.126. The SMILES string of the molecule is OCC(Cc1cccc(F)c1F)c1ccccc1Br. The summed E-state index contributed by atoms with van der Waals surface area (Å²) >= 11 is 3.41. The average molecular weight is 327 g/mol. The van der Waals surface area contributed by atoms with Gasteiger partial charge in [-0.1, -0.05) is 46.3 Å². The lowest BCUT2D eigenvalue weighted by atomic mass is 9.92. The Morgan fingerprint density at radius 2 is 1.79 bits per heavy atom. The second kappa shape index (κ2) is 6.26. The summed E-state index contributed by atoms with van der Waals surface area (Å²) in [6.45, 7) is -0.126. The number of aliphatic hydroxyl groups is 1. The van der Waals surface area contributed by atoms with Crippen LogP contribution in [0.2, 0.25) is 0 Å². The highest BCUT2D eigenvalue weighted by Crippen LogP contribution is 2.28. The van der Waals surface area contributed by atoms with Crippen molar-refractivity contribution in [3.8, 4) is 0 Å². The van der Waals surface area contributed by atoms with Crippen molar-refractivity contribution in [3.63, 3.8) is 0 Å². The highest BCUT2D eigenvalue weighted by atomic mass is 79.9. The number of hydrogen-bond acceptors (Lipinski definition) is 1. The van der Waals surface area contributed by atoms with Gasteiger partial charge in [0.15, 0.2) is 11.6 Å². The third-order valence-corrected chi connectivity index (χ3v) is 3.79. The molecule has 0 aliphatic heterocycles. The van der Waals surface area contributed by atoms with E-state index in [1.165, 1.54) is 12.1 Å². The lowest BCUT2D eigenvalue weighted by molar-refractivity contribution is 0.263. The maximum atomic E-state index is 13.6. The summed E-state index contributed by atoms with van der Waals surface area (Å²) < 4.78 is 27.7. The monoisotopic (exact) mass is 326 g/mol. The Morgan fingerprint density at radius 3 is 2.47 bits per heavy atom. The molecule has 0 fully saturated rings. The summed E-state index contributed by atoms with van der Waals surface area (Å²) in [4.78, 5) is 0. The Morgan fingerprint density at radius 1 is 1.05 bits per heavy atom. The van der Waals surface area contributed by atoms with Crippen molar-refractivity contribution < 1.29 is 13.9 Å². The van der Waals surface area contributed by atoms with Gasteiger partial charge < -0.3 is 5.11 Å². The van der Waals surface area contributed by atoms with Gasteiger partial charge in [0.2, 0.25) is 0 Å². The molecule has 1 nitrogen and oxygen atoms in total. The first-order valence-electron chi connectivity index (χ1n) is 5.91. The first-order valence-corrected chi connectivity index (χ1v) is 6.71. The largest absolute Gasteiger partial charge is 0.396 e. The molecule has 0 aliphatic rings. The summed E-state index contributed by atoms with van der Waals surface area (Å²) in [5.74, 6) is -1.97. The van der Waals surface area contributed by atoms with Crippen LogP contribution in [0.1, 0.15) is 17.0 Å². The van der Waals surface area contributed by atoms with E-state index in [1.807, 2.05) is 24.3 Å². The van der Waals surface area contributed by atoms with Crippen LogP contribution in [0, 0.1) is 11.6 Å². The molecule has 0 saturated heterocycles. The van der Waals surface area contributed by atoms with Crippen LogP contribution < -0.4 is 0 Å². The van der Waals surface area contributed by atoms with Crippen molar-refractivity contribution in [3.05, 3.63) is 69.7 Å². The highest BCUT2D eigenvalue weighted by molar-refractivity contribution is 9.10. The minimum atomic E-state index is -0.860. The molecule has 1 N–H and O–H groups in total. The van der Waals surface area contributed by atoms with Crippen molar-refractivity contribution in [2.45, 2.75) is 12.3 Å². The highest BCUT2D eigenvalue weighted by Gasteiger charge is 2.17. The van der Waals surface area contributed by atoms with Gasteiger partial charge in [0.25, 0.3) is 0 Å². The van der Waals surface area contributed by atoms with Gasteiger partial charge in [-0.15, -0.1) is 0 Å². The number of benzene rings is 2. The van der Waals surface area contributed by atoms with Gasteiger partial charge in [0, 0.05) is 10.4 Å². The van der Waals surface area contributed by atoms with E-state index in [0.717, 1.165) is 16.1 Å². The zero-order chi connectivity index (χ0) is 13.8. The van der Waals surface area contributed by atoms with Gasteiger partial charge in [-0.25, -0.2) is 8.78 Å². The Bertz CT molecular complexity index is 572. The van der Waals surface area contributed by atoms with Gasteiger partial charge in [-0.3, -0.25) is 0 Å². The second-order valence-corrected chi connectivity index (χ2v) is 5.17. The second-order valence-electron chi connectivity index (χ2n) is 4.32. The quantitative estimate of drug-likeness (QED) is 0.898. The number of rotatable bonds is 4. The molecular formula is C15H13BrF2O. The first-order chi connectivity index (χ1) is 9.13. The molecule has 0 aliphatic carbocycles. The normalized spacial score (nSPS) is 12.4. The molecule has 0 saturated carbocycles. The maximum Gasteiger partial charge on any atom is 0.162 e. The van der Waals surface area contributed by atoms with Crippen LogP contribution in [-0.2, 0) is 6.42 Å². The summed E-state index contributed by atoms with van der Waals surface area (Å²) in [6.07, 6.45) is 0.253. The third-order valence-electron chi connectivity index (χ3n) is 3.06. The third kappa shape index (κ3) is 3.19. The van der Waals surface area contributed by atoms with E-state index >= 15 is 0 Å². The van der Waals surface area contributed by atoms with Crippen LogP contribution in [0.25, 0.3) is 0 Å². The van der Waals surface area contributed by atoms with Gasteiger partial charge in [0.05, 0.1) is 6.61 Å². The molecule has 2 rings (SSSR count). The van der Waals surface area contributed by atoms with Crippen LogP contribution >= 0.6 is 15.9 Å². The Kier molecular flexibility index (Phi) is 4.66. The van der Waals surface area contributed by atoms with E-state index in [0.29, 0.717) is 0 Å². The predicted octanol–water partition coefficient (Wildman–Crippen LogP) is 4.05. The fourth-order valence-corrected chi connectivity index (χ4v) is 2.66. The molecule has 19 heavy (non-hydrogen) atoms. The van der Waals surface area contributed by atoms with Crippen LogP contribution in [0.5, 0.6) is 0 Å². The summed E-state index contributed by atoms with van der Waals surface area (Å²) in [5.41, 5.74) is 1.16. The smallest absolute Gasteiger partial charge is 0.162 e. The number of aliphatic hydroxyl groups excluding tert-OH is 1. The van der Waals surface area contributed by atoms with E-state index in [2.05, 4.69) is 15.9 Å². The molecule has 2 aromatic carbocycles. The molecule has 4 heteroatoms. The van der Waals surface area contributed by atoms with Crippen LogP contribution in [0.3, 0.4) is 0 Å². The summed E-state index contributed by atoms with van der Waals surface area (Å²) in [6, 6.07) is 11.5. The summed E-state index contributed by atoms with van der Waals surface area (Å²) in [5, 5.41) is 9.49. The average Bonchev–Trinajstić information content (AvgIpc) is 2.41. The molecule has 0 amide bonds. The van der Waals surface area contributed by atoms with Gasteiger partial charge in [-0.05, 0) is 29.7 Å². The molecular weight excluding hydrogens is 314 g/mol. The molecule has 0 aromatic heterocycles.